The third-order valence-electron chi connectivity index (χ3n) is 4.57. The van der Waals surface area contributed by atoms with Crippen LogP contribution in [0.3, 0.4) is 0 Å². The number of esters is 2. The van der Waals surface area contributed by atoms with Gasteiger partial charge in [0.1, 0.15) is 6.61 Å². The molecule has 0 N–H and O–H groups in total. The number of carbonyl (C=O) groups excluding carboxylic acids is 2. The van der Waals surface area contributed by atoms with Crippen LogP contribution < -0.4 is 0 Å². The van der Waals surface area contributed by atoms with Gasteiger partial charge in [0.05, 0.1) is 39.3 Å². The molecule has 3 rings (SSSR count). The summed E-state index contributed by atoms with van der Waals surface area (Å²) in [6, 6.07) is 11.4. The summed E-state index contributed by atoms with van der Waals surface area (Å²) in [4.78, 5) is 40.4. The third kappa shape index (κ3) is 4.11. The van der Waals surface area contributed by atoms with Gasteiger partial charge in [0.25, 0.3) is 5.69 Å². The lowest BCUT2D eigenvalue weighted by molar-refractivity contribution is -0.387. The maximum Gasteiger partial charge on any atom is 0.340 e. The lowest BCUT2D eigenvalue weighted by Crippen LogP contribution is -2.14. The molecular formula is C21H18N2O6S. The molecule has 0 aliphatic carbocycles. The predicted octanol–water partition coefficient (Wildman–Crippen LogP) is 4.32. The highest BCUT2D eigenvalue weighted by atomic mass is 32.2. The van der Waals surface area contributed by atoms with E-state index in [9.17, 15) is 19.7 Å². The van der Waals surface area contributed by atoms with Crippen molar-refractivity contribution in [2.24, 2.45) is 0 Å². The molecule has 0 radical (unpaired) electrons. The van der Waals surface area contributed by atoms with Crippen molar-refractivity contribution in [1.29, 1.82) is 0 Å². The molecule has 0 spiro atoms. The van der Waals surface area contributed by atoms with Gasteiger partial charge in [-0.1, -0.05) is 18.2 Å². The fourth-order valence-electron chi connectivity index (χ4n) is 3.09. The molecule has 0 saturated carbocycles. The lowest BCUT2D eigenvalue weighted by atomic mass is 10.0. The maximum atomic E-state index is 12.5. The van der Waals surface area contributed by atoms with Gasteiger partial charge in [-0.3, -0.25) is 10.1 Å². The zero-order valence-corrected chi connectivity index (χ0v) is 17.3. The summed E-state index contributed by atoms with van der Waals surface area (Å²) in [6.45, 7) is 1.49. The van der Waals surface area contributed by atoms with Crippen molar-refractivity contribution >= 4 is 40.3 Å². The summed E-state index contributed by atoms with van der Waals surface area (Å²) in [5.41, 5.74) is 1.66. The summed E-state index contributed by atoms with van der Waals surface area (Å²) in [6.07, 6.45) is 1.71. The van der Waals surface area contributed by atoms with Crippen LogP contribution in [0.25, 0.3) is 10.9 Å². The first-order chi connectivity index (χ1) is 14.4. The fourth-order valence-corrected chi connectivity index (χ4v) is 3.64. The highest BCUT2D eigenvalue weighted by molar-refractivity contribution is 7.98. The number of fused-ring (bicyclic) bond motifs is 1. The van der Waals surface area contributed by atoms with Crippen LogP contribution >= 0.6 is 11.8 Å². The smallest absolute Gasteiger partial charge is 0.340 e. The number of rotatable bonds is 6. The Morgan fingerprint density at radius 3 is 2.57 bits per heavy atom. The number of hydrogen-bond donors (Lipinski definition) is 0. The number of carbonyl (C=O) groups is 2. The topological polar surface area (TPSA) is 109 Å². The second-order valence-corrected chi connectivity index (χ2v) is 7.14. The van der Waals surface area contributed by atoms with Crippen LogP contribution in [0.1, 0.15) is 32.0 Å². The van der Waals surface area contributed by atoms with E-state index in [0.717, 1.165) is 5.39 Å². The normalized spacial score (nSPS) is 10.6. The van der Waals surface area contributed by atoms with Crippen molar-refractivity contribution in [3.8, 4) is 0 Å². The number of thioether (sulfide) groups is 1. The molecular weight excluding hydrogens is 408 g/mol. The Bertz CT molecular complexity index is 1160. The molecule has 0 aliphatic rings. The number of pyridine rings is 1. The van der Waals surface area contributed by atoms with Gasteiger partial charge in [0.15, 0.2) is 0 Å². The summed E-state index contributed by atoms with van der Waals surface area (Å²) in [7, 11) is 1.26. The SMILES string of the molecule is COC(=O)c1c(COC(=O)c2ccc(SC)c([N+](=O)[O-])c2)nc2ccccc2c1C. The number of nitro groups is 1. The van der Waals surface area contributed by atoms with E-state index >= 15 is 0 Å². The molecule has 0 atom stereocenters. The third-order valence-corrected chi connectivity index (χ3v) is 5.35. The predicted molar refractivity (Wildman–Crippen MR) is 112 cm³/mol. The minimum Gasteiger partial charge on any atom is -0.465 e. The minimum absolute atomic E-state index is 0.0385. The van der Waals surface area contributed by atoms with Gasteiger partial charge in [0, 0.05) is 11.5 Å². The molecule has 1 heterocycles. The highest BCUT2D eigenvalue weighted by Crippen LogP contribution is 2.29. The highest BCUT2D eigenvalue weighted by Gasteiger charge is 2.22. The van der Waals surface area contributed by atoms with Gasteiger partial charge in [-0.2, -0.15) is 0 Å². The first kappa shape index (κ1) is 21.3. The van der Waals surface area contributed by atoms with Crippen molar-refractivity contribution < 1.29 is 24.0 Å². The van der Waals surface area contributed by atoms with E-state index in [-0.39, 0.29) is 29.1 Å². The Balaban J connectivity index is 1.93. The molecule has 2 aromatic carbocycles. The summed E-state index contributed by atoms with van der Waals surface area (Å²) in [5, 5.41) is 12.0. The molecule has 0 unspecified atom stereocenters. The number of aryl methyl sites for hydroxylation is 1. The number of para-hydroxylation sites is 1. The zero-order chi connectivity index (χ0) is 21.8. The van der Waals surface area contributed by atoms with Crippen LogP contribution in [0.4, 0.5) is 5.69 Å². The number of hydrogen-bond acceptors (Lipinski definition) is 8. The first-order valence-corrected chi connectivity index (χ1v) is 10.1. The van der Waals surface area contributed by atoms with Gasteiger partial charge in [-0.25, -0.2) is 14.6 Å². The van der Waals surface area contributed by atoms with Crippen molar-refractivity contribution in [3.63, 3.8) is 0 Å². The van der Waals surface area contributed by atoms with Crippen molar-refractivity contribution in [1.82, 2.24) is 4.98 Å². The van der Waals surface area contributed by atoms with Crippen LogP contribution in [0, 0.1) is 17.0 Å². The van der Waals surface area contributed by atoms with Gasteiger partial charge in [-0.05, 0) is 36.9 Å². The van der Waals surface area contributed by atoms with E-state index < -0.39 is 16.9 Å². The minimum atomic E-state index is -0.755. The van der Waals surface area contributed by atoms with Crippen molar-refractivity contribution in [2.75, 3.05) is 13.4 Å². The maximum absolute atomic E-state index is 12.5. The number of ether oxygens (including phenoxy) is 2. The van der Waals surface area contributed by atoms with E-state index in [0.29, 0.717) is 16.0 Å². The van der Waals surface area contributed by atoms with Crippen LogP contribution in [0.2, 0.25) is 0 Å². The molecule has 0 saturated heterocycles. The largest absolute Gasteiger partial charge is 0.465 e. The average molecular weight is 426 g/mol. The fraction of sp³-hybridized carbons (Fsp3) is 0.190. The number of methoxy groups -OCH3 is 1. The van der Waals surface area contributed by atoms with Crippen molar-refractivity contribution in [2.45, 2.75) is 18.4 Å². The Morgan fingerprint density at radius 2 is 1.90 bits per heavy atom. The van der Waals surface area contributed by atoms with Crippen molar-refractivity contribution in [3.05, 3.63) is 75.0 Å². The van der Waals surface area contributed by atoms with Crippen LogP contribution in [-0.4, -0.2) is 35.2 Å². The molecule has 0 fully saturated rings. The Morgan fingerprint density at radius 1 is 1.17 bits per heavy atom. The Hall–Kier alpha value is -3.46. The van der Waals surface area contributed by atoms with E-state index in [4.69, 9.17) is 9.47 Å². The number of aromatic nitrogens is 1. The van der Waals surface area contributed by atoms with Gasteiger partial charge >= 0.3 is 11.9 Å². The molecule has 154 valence electrons. The molecule has 1 aromatic heterocycles. The summed E-state index contributed by atoms with van der Waals surface area (Å²) < 4.78 is 10.2. The standard InChI is InChI=1S/C21H18N2O6S/c1-12-14-6-4-5-7-15(14)22-16(19(12)21(25)28-2)11-29-20(24)13-8-9-18(30-3)17(10-13)23(26)27/h4-10H,11H2,1-3H3. The number of nitro benzene ring substituents is 1. The van der Waals surface area contributed by atoms with E-state index in [1.807, 2.05) is 18.2 Å². The van der Waals surface area contributed by atoms with Crippen LogP contribution in [0.15, 0.2) is 47.4 Å². The summed E-state index contributed by atoms with van der Waals surface area (Å²) in [5.74, 6) is -1.34. The second-order valence-electron chi connectivity index (χ2n) is 6.29. The molecule has 3 aromatic rings. The number of benzene rings is 2. The van der Waals surface area contributed by atoms with Gasteiger partial charge < -0.3 is 9.47 Å². The van der Waals surface area contributed by atoms with E-state index in [1.165, 1.54) is 37.1 Å². The second kappa shape index (κ2) is 8.91. The monoisotopic (exact) mass is 426 g/mol. The van der Waals surface area contributed by atoms with Crippen LogP contribution in [0.5, 0.6) is 0 Å². The first-order valence-electron chi connectivity index (χ1n) is 8.83. The van der Waals surface area contributed by atoms with Gasteiger partial charge in [-0.15, -0.1) is 11.8 Å². The Labute approximate surface area is 176 Å². The molecule has 0 bridgehead atoms. The zero-order valence-electron chi connectivity index (χ0n) is 16.5. The molecule has 0 aliphatic heterocycles. The molecule has 0 amide bonds. The molecule has 8 nitrogen and oxygen atoms in total. The lowest BCUT2D eigenvalue weighted by Gasteiger charge is -2.13. The quantitative estimate of drug-likeness (QED) is 0.248. The Kier molecular flexibility index (Phi) is 6.31. The average Bonchev–Trinajstić information content (AvgIpc) is 2.76. The van der Waals surface area contributed by atoms with E-state index in [2.05, 4.69) is 4.98 Å². The molecule has 9 heteroatoms. The van der Waals surface area contributed by atoms with Gasteiger partial charge in [0.2, 0.25) is 0 Å². The van der Waals surface area contributed by atoms with Crippen LogP contribution in [-0.2, 0) is 16.1 Å². The summed E-state index contributed by atoms with van der Waals surface area (Å²) >= 11 is 1.21. The van der Waals surface area contributed by atoms with E-state index in [1.54, 1.807) is 19.2 Å². The number of nitrogens with zero attached hydrogens (tertiary/aromatic N) is 2. The molecule has 30 heavy (non-hydrogen) atoms.